The zero-order chi connectivity index (χ0) is 11.9. The van der Waals surface area contributed by atoms with Crippen molar-refractivity contribution in [2.75, 3.05) is 26.3 Å². The predicted octanol–water partition coefficient (Wildman–Crippen LogP) is -1.12. The van der Waals surface area contributed by atoms with Crippen molar-refractivity contribution in [2.45, 2.75) is 0 Å². The van der Waals surface area contributed by atoms with Crippen LogP contribution in [0.4, 0.5) is 0 Å². The summed E-state index contributed by atoms with van der Waals surface area (Å²) >= 11 is 8.12. The first-order valence-corrected chi connectivity index (χ1v) is 8.38. The molecule has 92 valence electrons. The minimum Gasteiger partial charge on any atom is -0.312 e. The molecule has 0 amide bonds. The number of hydrogen-bond donors (Lipinski definition) is 3. The van der Waals surface area contributed by atoms with Gasteiger partial charge in [0.25, 0.3) is 18.1 Å². The third-order valence-corrected chi connectivity index (χ3v) is 2.53. The van der Waals surface area contributed by atoms with E-state index in [1.807, 2.05) is 0 Å². The van der Waals surface area contributed by atoms with E-state index in [9.17, 15) is 8.42 Å². The van der Waals surface area contributed by atoms with Crippen LogP contribution < -0.4 is 5.32 Å². The van der Waals surface area contributed by atoms with Crippen LogP contribution in [-0.4, -0.2) is 43.8 Å². The van der Waals surface area contributed by atoms with Gasteiger partial charge in [0, 0.05) is 35.5 Å². The SMILES string of the molecule is O=S(O)(=S)OCCNCCOS(=O)(O)=S. The van der Waals surface area contributed by atoms with Crippen LogP contribution >= 0.6 is 0 Å². The molecule has 15 heavy (non-hydrogen) atoms. The highest BCUT2D eigenvalue weighted by molar-refractivity contribution is 8.27. The fourth-order valence-corrected chi connectivity index (χ4v) is 1.56. The Morgan fingerprint density at radius 2 is 1.33 bits per heavy atom. The molecule has 0 aromatic rings. The summed E-state index contributed by atoms with van der Waals surface area (Å²) in [6.07, 6.45) is 0. The molecule has 3 N–H and O–H groups in total. The number of rotatable bonds is 8. The summed E-state index contributed by atoms with van der Waals surface area (Å²) in [6, 6.07) is 0. The van der Waals surface area contributed by atoms with Crippen molar-refractivity contribution in [3.8, 4) is 0 Å². The van der Waals surface area contributed by atoms with E-state index in [4.69, 9.17) is 9.11 Å². The summed E-state index contributed by atoms with van der Waals surface area (Å²) in [5.74, 6) is 0. The van der Waals surface area contributed by atoms with Crippen molar-refractivity contribution in [2.24, 2.45) is 0 Å². The van der Waals surface area contributed by atoms with Crippen LogP contribution in [0.15, 0.2) is 0 Å². The van der Waals surface area contributed by atoms with Gasteiger partial charge in [0.05, 0.1) is 13.2 Å². The molecule has 0 heterocycles. The van der Waals surface area contributed by atoms with E-state index in [1.54, 1.807) is 0 Å². The third kappa shape index (κ3) is 14.5. The quantitative estimate of drug-likeness (QED) is 0.480. The molecular formula is C4H11NO6S4. The Hall–Kier alpha value is 0.540. The van der Waals surface area contributed by atoms with E-state index in [0.29, 0.717) is 0 Å². The van der Waals surface area contributed by atoms with Gasteiger partial charge in [-0.25, -0.2) is 0 Å². The molecule has 0 aliphatic rings. The fourth-order valence-electron chi connectivity index (χ4n) is 0.563. The van der Waals surface area contributed by atoms with Gasteiger partial charge in [0.15, 0.2) is 0 Å². The predicted molar refractivity (Wildman–Crippen MR) is 61.0 cm³/mol. The van der Waals surface area contributed by atoms with Gasteiger partial charge in [-0.3, -0.25) is 17.5 Å². The van der Waals surface area contributed by atoms with Gasteiger partial charge in [0.2, 0.25) is 0 Å². The Labute approximate surface area is 97.9 Å². The van der Waals surface area contributed by atoms with Gasteiger partial charge in [-0.15, -0.1) is 0 Å². The maximum Gasteiger partial charge on any atom is 0.266 e. The molecular weight excluding hydrogens is 286 g/mol. The van der Waals surface area contributed by atoms with Crippen LogP contribution in [0.5, 0.6) is 0 Å². The Morgan fingerprint density at radius 3 is 1.60 bits per heavy atom. The molecule has 0 spiro atoms. The van der Waals surface area contributed by atoms with Crippen molar-refractivity contribution in [3.05, 3.63) is 0 Å². The molecule has 7 nitrogen and oxygen atoms in total. The van der Waals surface area contributed by atoms with Crippen LogP contribution in [0.3, 0.4) is 0 Å². The lowest BCUT2D eigenvalue weighted by atomic mass is 10.6. The Balaban J connectivity index is 3.34. The van der Waals surface area contributed by atoms with E-state index in [1.165, 1.54) is 0 Å². The molecule has 11 heteroatoms. The first-order chi connectivity index (χ1) is 6.71. The standard InChI is InChI=1S/C4H11NO6S4/c6-14(7,12)10-3-1-5-2-4-11-15(8,9)13/h5H,1-4H2,(H,6,7,12)(H,8,9,13). The van der Waals surface area contributed by atoms with Gasteiger partial charge in [0.1, 0.15) is 0 Å². The maximum absolute atomic E-state index is 10.4. The van der Waals surface area contributed by atoms with Crippen LogP contribution in [0.1, 0.15) is 0 Å². The Morgan fingerprint density at radius 1 is 1.00 bits per heavy atom. The lowest BCUT2D eigenvalue weighted by molar-refractivity contribution is 0.282. The Bertz CT molecular complexity index is 325. The second-order valence-corrected chi connectivity index (χ2v) is 6.96. The third-order valence-electron chi connectivity index (χ3n) is 1.02. The Kier molecular flexibility index (Phi) is 7.23. The van der Waals surface area contributed by atoms with Crippen LogP contribution in [0, 0.1) is 0 Å². The summed E-state index contributed by atoms with van der Waals surface area (Å²) in [5.41, 5.74) is 0. The average Bonchev–Trinajstić information content (AvgIpc) is 1.98. The topological polar surface area (TPSA) is 105 Å². The molecule has 0 radical (unpaired) electrons. The largest absolute Gasteiger partial charge is 0.312 e. The van der Waals surface area contributed by atoms with Gasteiger partial charge in [-0.05, 0) is 0 Å². The molecule has 0 aromatic carbocycles. The zero-order valence-electron chi connectivity index (χ0n) is 7.49. The highest BCUT2D eigenvalue weighted by atomic mass is 32.9. The van der Waals surface area contributed by atoms with E-state index >= 15 is 0 Å². The molecule has 0 fully saturated rings. The lowest BCUT2D eigenvalue weighted by Gasteiger charge is -2.05. The molecule has 2 unspecified atom stereocenters. The van der Waals surface area contributed by atoms with Crippen molar-refractivity contribution in [1.29, 1.82) is 0 Å². The van der Waals surface area contributed by atoms with Gasteiger partial charge in [-0.1, -0.05) is 0 Å². The fraction of sp³-hybridized carbons (Fsp3) is 1.00. The summed E-state index contributed by atoms with van der Waals surface area (Å²) in [5, 5.41) is 2.71. The van der Waals surface area contributed by atoms with Crippen molar-refractivity contribution in [3.63, 3.8) is 0 Å². The van der Waals surface area contributed by atoms with E-state index in [-0.39, 0.29) is 26.3 Å². The molecule has 0 aromatic heterocycles. The lowest BCUT2D eigenvalue weighted by Crippen LogP contribution is -2.25. The maximum atomic E-state index is 10.4. The number of nitrogens with one attached hydrogen (secondary N) is 1. The molecule has 0 saturated carbocycles. The van der Waals surface area contributed by atoms with Crippen molar-refractivity contribution >= 4 is 40.5 Å². The summed E-state index contributed by atoms with van der Waals surface area (Å²) in [4.78, 5) is 0. The highest BCUT2D eigenvalue weighted by Gasteiger charge is 2.00. The van der Waals surface area contributed by atoms with Crippen molar-refractivity contribution in [1.82, 2.24) is 5.32 Å². The van der Waals surface area contributed by atoms with E-state index in [2.05, 4.69) is 36.1 Å². The van der Waals surface area contributed by atoms with Crippen LogP contribution in [-0.2, 0) is 48.8 Å². The second kappa shape index (κ2) is 6.98. The molecule has 0 aliphatic heterocycles. The first-order valence-electron chi connectivity index (χ1n) is 3.65. The van der Waals surface area contributed by atoms with Gasteiger partial charge < -0.3 is 5.32 Å². The normalized spacial score (nSPS) is 19.3. The summed E-state index contributed by atoms with van der Waals surface area (Å²) < 4.78 is 46.5. The van der Waals surface area contributed by atoms with Crippen molar-refractivity contribution < 1.29 is 25.9 Å². The van der Waals surface area contributed by atoms with E-state index < -0.39 is 18.1 Å². The smallest absolute Gasteiger partial charge is 0.266 e. The van der Waals surface area contributed by atoms with Gasteiger partial charge in [-0.2, -0.15) is 8.42 Å². The molecule has 2 atom stereocenters. The number of hydrogen-bond acceptors (Lipinski definition) is 7. The van der Waals surface area contributed by atoms with Crippen LogP contribution in [0.2, 0.25) is 0 Å². The monoisotopic (exact) mass is 297 g/mol. The summed E-state index contributed by atoms with van der Waals surface area (Å²) in [6.45, 7) is 0.450. The minimum atomic E-state index is -3.58. The molecule has 0 rings (SSSR count). The highest BCUT2D eigenvalue weighted by Crippen LogP contribution is 1.86. The molecule has 0 bridgehead atoms. The van der Waals surface area contributed by atoms with Gasteiger partial charge >= 0.3 is 0 Å². The first kappa shape index (κ1) is 15.5. The van der Waals surface area contributed by atoms with Crippen LogP contribution in [0.25, 0.3) is 0 Å². The molecule has 0 saturated heterocycles. The minimum absolute atomic E-state index is 0.0405. The average molecular weight is 297 g/mol. The van der Waals surface area contributed by atoms with E-state index in [0.717, 1.165) is 0 Å². The summed E-state index contributed by atoms with van der Waals surface area (Å²) in [7, 11) is -7.16. The second-order valence-electron chi connectivity index (χ2n) is 2.25. The zero-order valence-corrected chi connectivity index (χ0v) is 10.8. The molecule has 0 aliphatic carbocycles.